The maximum Gasteiger partial charge on any atom is 0.0991 e. The van der Waals surface area contributed by atoms with Crippen molar-refractivity contribution in [3.05, 3.63) is 48.5 Å². The summed E-state index contributed by atoms with van der Waals surface area (Å²) in [7, 11) is 0. The Kier molecular flexibility index (Phi) is 4.11. The molecule has 1 atom stereocenters. The third-order valence-corrected chi connectivity index (χ3v) is 4.41. The van der Waals surface area contributed by atoms with Gasteiger partial charge in [-0.1, -0.05) is 26.0 Å². The molecule has 1 aliphatic heterocycles. The Balaban J connectivity index is 1.74. The third-order valence-electron chi connectivity index (χ3n) is 4.41. The molecule has 0 saturated carbocycles. The van der Waals surface area contributed by atoms with Gasteiger partial charge in [0, 0.05) is 23.6 Å². The van der Waals surface area contributed by atoms with E-state index in [1.807, 2.05) is 23.3 Å². The zero-order valence-electron chi connectivity index (χ0n) is 13.0. The van der Waals surface area contributed by atoms with Crippen LogP contribution in [0.25, 0.3) is 5.69 Å². The first-order chi connectivity index (χ1) is 10.2. The molecule has 1 saturated heterocycles. The fourth-order valence-electron chi connectivity index (χ4n) is 3.64. The van der Waals surface area contributed by atoms with Crippen LogP contribution >= 0.6 is 0 Å². The molecular formula is C18H25N3. The van der Waals surface area contributed by atoms with Gasteiger partial charge in [0.15, 0.2) is 0 Å². The van der Waals surface area contributed by atoms with Gasteiger partial charge in [0.25, 0.3) is 0 Å². The predicted octanol–water partition coefficient (Wildman–Crippen LogP) is 3.58. The first-order valence-corrected chi connectivity index (χ1v) is 7.99. The van der Waals surface area contributed by atoms with E-state index in [9.17, 15) is 0 Å². The number of benzene rings is 1. The molecule has 1 aromatic heterocycles. The predicted molar refractivity (Wildman–Crippen MR) is 86.7 cm³/mol. The Morgan fingerprint density at radius 3 is 2.67 bits per heavy atom. The first kappa shape index (κ1) is 14.3. The van der Waals surface area contributed by atoms with Gasteiger partial charge in [-0.05, 0) is 55.8 Å². The van der Waals surface area contributed by atoms with E-state index in [4.69, 9.17) is 0 Å². The van der Waals surface area contributed by atoms with Crippen molar-refractivity contribution in [2.24, 2.45) is 5.92 Å². The molecule has 0 aliphatic carbocycles. The van der Waals surface area contributed by atoms with Crippen molar-refractivity contribution in [1.29, 1.82) is 0 Å². The molecule has 112 valence electrons. The summed E-state index contributed by atoms with van der Waals surface area (Å²) in [6.07, 6.45) is 10.6. The number of aromatic nitrogens is 2. The molecule has 0 bridgehead atoms. The van der Waals surface area contributed by atoms with E-state index >= 15 is 0 Å². The van der Waals surface area contributed by atoms with Crippen molar-refractivity contribution in [1.82, 2.24) is 14.9 Å². The molecule has 2 aromatic rings. The molecule has 3 heteroatoms. The molecule has 3 nitrogen and oxygen atoms in total. The van der Waals surface area contributed by atoms with Crippen LogP contribution in [0.2, 0.25) is 0 Å². The van der Waals surface area contributed by atoms with E-state index in [2.05, 4.69) is 48.4 Å². The van der Waals surface area contributed by atoms with E-state index < -0.39 is 0 Å². The maximum absolute atomic E-state index is 4.10. The highest BCUT2D eigenvalue weighted by Gasteiger charge is 2.33. The van der Waals surface area contributed by atoms with Crippen molar-refractivity contribution in [2.45, 2.75) is 45.1 Å². The van der Waals surface area contributed by atoms with Crippen LogP contribution in [0, 0.1) is 5.92 Å². The molecule has 1 aliphatic rings. The largest absolute Gasteiger partial charge is 0.311 e. The zero-order valence-corrected chi connectivity index (χ0v) is 13.0. The number of nitrogens with zero attached hydrogens (tertiary/aromatic N) is 2. The van der Waals surface area contributed by atoms with Crippen LogP contribution in [-0.4, -0.2) is 21.6 Å². The average molecular weight is 283 g/mol. The topological polar surface area (TPSA) is 29.9 Å². The fraction of sp³-hybridized carbons (Fsp3) is 0.500. The average Bonchev–Trinajstić information content (AvgIpc) is 3.11. The Hall–Kier alpha value is -1.61. The van der Waals surface area contributed by atoms with Crippen molar-refractivity contribution in [3.63, 3.8) is 0 Å². The fourth-order valence-corrected chi connectivity index (χ4v) is 3.64. The lowest BCUT2D eigenvalue weighted by Gasteiger charge is -2.32. The van der Waals surface area contributed by atoms with Crippen molar-refractivity contribution in [3.8, 4) is 5.69 Å². The zero-order chi connectivity index (χ0) is 14.7. The Labute approximate surface area is 127 Å². The second-order valence-electron chi connectivity index (χ2n) is 6.72. The number of hydrogen-bond donors (Lipinski definition) is 1. The van der Waals surface area contributed by atoms with E-state index in [0.29, 0.717) is 5.54 Å². The van der Waals surface area contributed by atoms with Gasteiger partial charge in [0.05, 0.1) is 6.33 Å². The summed E-state index contributed by atoms with van der Waals surface area (Å²) in [4.78, 5) is 4.10. The molecule has 1 unspecified atom stereocenters. The highest BCUT2D eigenvalue weighted by Crippen LogP contribution is 2.30. The summed E-state index contributed by atoms with van der Waals surface area (Å²) in [6, 6.07) is 8.90. The highest BCUT2D eigenvalue weighted by atomic mass is 15.0. The SMILES string of the molecule is CC(C)CC1(Cc2ccc(-n3ccnc3)cc2)CCCN1. The summed E-state index contributed by atoms with van der Waals surface area (Å²) in [6.45, 7) is 5.81. The van der Waals surface area contributed by atoms with Crippen LogP contribution in [0.3, 0.4) is 0 Å². The Morgan fingerprint density at radius 2 is 2.10 bits per heavy atom. The molecule has 0 amide bonds. The van der Waals surface area contributed by atoms with Crippen molar-refractivity contribution in [2.75, 3.05) is 6.54 Å². The van der Waals surface area contributed by atoms with Gasteiger partial charge in [0.1, 0.15) is 0 Å². The second kappa shape index (κ2) is 6.02. The van der Waals surface area contributed by atoms with Gasteiger partial charge >= 0.3 is 0 Å². The van der Waals surface area contributed by atoms with E-state index in [1.54, 1.807) is 0 Å². The molecule has 2 heterocycles. The van der Waals surface area contributed by atoms with Gasteiger partial charge in [-0.15, -0.1) is 0 Å². The summed E-state index contributed by atoms with van der Waals surface area (Å²) >= 11 is 0. The molecule has 1 fully saturated rings. The van der Waals surface area contributed by atoms with Gasteiger partial charge in [0.2, 0.25) is 0 Å². The molecule has 21 heavy (non-hydrogen) atoms. The second-order valence-corrected chi connectivity index (χ2v) is 6.72. The monoisotopic (exact) mass is 283 g/mol. The first-order valence-electron chi connectivity index (χ1n) is 7.99. The number of rotatable bonds is 5. The van der Waals surface area contributed by atoms with Gasteiger partial charge in [-0.25, -0.2) is 4.98 Å². The molecule has 0 spiro atoms. The van der Waals surface area contributed by atoms with Crippen LogP contribution < -0.4 is 5.32 Å². The number of imidazole rings is 1. The standard InChI is InChI=1S/C18H25N3/c1-15(2)12-18(8-3-9-20-18)13-16-4-6-17(7-5-16)21-11-10-19-14-21/h4-7,10-11,14-15,20H,3,8-9,12-13H2,1-2H3. The minimum Gasteiger partial charge on any atom is -0.311 e. The van der Waals surface area contributed by atoms with Gasteiger partial charge < -0.3 is 9.88 Å². The molecular weight excluding hydrogens is 258 g/mol. The van der Waals surface area contributed by atoms with Gasteiger partial charge in [-0.3, -0.25) is 0 Å². The summed E-state index contributed by atoms with van der Waals surface area (Å²) < 4.78 is 2.04. The molecule has 3 rings (SSSR count). The lowest BCUT2D eigenvalue weighted by Crippen LogP contribution is -2.43. The maximum atomic E-state index is 4.10. The van der Waals surface area contributed by atoms with E-state index in [0.717, 1.165) is 12.3 Å². The van der Waals surface area contributed by atoms with Crippen LogP contribution in [0.1, 0.15) is 38.7 Å². The summed E-state index contributed by atoms with van der Waals surface area (Å²) in [5.41, 5.74) is 2.91. The Bertz CT molecular complexity index is 549. The van der Waals surface area contributed by atoms with Crippen molar-refractivity contribution >= 4 is 0 Å². The summed E-state index contributed by atoms with van der Waals surface area (Å²) in [5, 5.41) is 3.78. The lowest BCUT2D eigenvalue weighted by atomic mass is 9.82. The quantitative estimate of drug-likeness (QED) is 0.909. The smallest absolute Gasteiger partial charge is 0.0991 e. The number of hydrogen-bond acceptors (Lipinski definition) is 2. The van der Waals surface area contributed by atoms with E-state index in [-0.39, 0.29) is 0 Å². The molecule has 0 radical (unpaired) electrons. The normalized spacial score (nSPS) is 22.0. The van der Waals surface area contributed by atoms with E-state index in [1.165, 1.54) is 37.1 Å². The lowest BCUT2D eigenvalue weighted by molar-refractivity contribution is 0.301. The molecule has 1 N–H and O–H groups in total. The Morgan fingerprint density at radius 1 is 1.29 bits per heavy atom. The highest BCUT2D eigenvalue weighted by molar-refractivity contribution is 5.35. The van der Waals surface area contributed by atoms with Crippen LogP contribution in [-0.2, 0) is 6.42 Å². The van der Waals surface area contributed by atoms with Crippen LogP contribution in [0.4, 0.5) is 0 Å². The minimum absolute atomic E-state index is 0.310. The minimum atomic E-state index is 0.310. The molecule has 1 aromatic carbocycles. The van der Waals surface area contributed by atoms with Crippen LogP contribution in [0.15, 0.2) is 43.0 Å². The van der Waals surface area contributed by atoms with Gasteiger partial charge in [-0.2, -0.15) is 0 Å². The van der Waals surface area contributed by atoms with Crippen molar-refractivity contribution < 1.29 is 0 Å². The summed E-state index contributed by atoms with van der Waals surface area (Å²) in [5.74, 6) is 0.737. The third kappa shape index (κ3) is 3.35. The van der Waals surface area contributed by atoms with Crippen LogP contribution in [0.5, 0.6) is 0 Å². The number of nitrogens with one attached hydrogen (secondary N) is 1.